The molecule has 0 bridgehead atoms. The van der Waals surface area contributed by atoms with Gasteiger partial charge in [0.1, 0.15) is 0 Å². The van der Waals surface area contributed by atoms with Gasteiger partial charge in [0, 0.05) is 17.2 Å². The molecule has 0 fully saturated rings. The second-order valence-corrected chi connectivity index (χ2v) is 3.82. The van der Waals surface area contributed by atoms with E-state index in [-0.39, 0.29) is 5.69 Å². The maximum atomic E-state index is 10.9. The SMILES string of the molecule is CCCCc1cc(C(=O)Cl)ccc1[N+](=O)[O-]. The predicted molar refractivity (Wildman–Crippen MR) is 61.9 cm³/mol. The standard InChI is InChI=1S/C11H12ClNO3/c1-2-3-4-8-7-9(11(12)14)5-6-10(8)13(15)16/h5-7H,2-4H2,1H3. The minimum absolute atomic E-state index is 0.0510. The van der Waals surface area contributed by atoms with Crippen LogP contribution in [0.3, 0.4) is 0 Å². The third-order valence-electron chi connectivity index (χ3n) is 2.30. The highest BCUT2D eigenvalue weighted by atomic mass is 35.5. The van der Waals surface area contributed by atoms with Gasteiger partial charge in [-0.05, 0) is 36.6 Å². The van der Waals surface area contributed by atoms with Gasteiger partial charge >= 0.3 is 0 Å². The van der Waals surface area contributed by atoms with Crippen LogP contribution in [0.5, 0.6) is 0 Å². The summed E-state index contributed by atoms with van der Waals surface area (Å²) in [4.78, 5) is 21.3. The van der Waals surface area contributed by atoms with E-state index in [9.17, 15) is 14.9 Å². The van der Waals surface area contributed by atoms with Crippen LogP contribution >= 0.6 is 11.6 Å². The van der Waals surface area contributed by atoms with Gasteiger partial charge in [0.2, 0.25) is 0 Å². The third kappa shape index (κ3) is 3.03. The Morgan fingerprint density at radius 1 is 1.50 bits per heavy atom. The van der Waals surface area contributed by atoms with Crippen LogP contribution in [0.15, 0.2) is 18.2 Å². The lowest BCUT2D eigenvalue weighted by Gasteiger charge is -2.03. The molecule has 5 heteroatoms. The summed E-state index contributed by atoms with van der Waals surface area (Å²) in [6, 6.07) is 4.21. The van der Waals surface area contributed by atoms with Crippen molar-refractivity contribution in [2.75, 3.05) is 0 Å². The number of hydrogen-bond acceptors (Lipinski definition) is 3. The fraction of sp³-hybridized carbons (Fsp3) is 0.364. The van der Waals surface area contributed by atoms with E-state index in [1.807, 2.05) is 6.92 Å². The van der Waals surface area contributed by atoms with E-state index in [1.165, 1.54) is 18.2 Å². The lowest BCUT2D eigenvalue weighted by molar-refractivity contribution is -0.385. The van der Waals surface area contributed by atoms with Gasteiger partial charge in [0.05, 0.1) is 4.92 Å². The van der Waals surface area contributed by atoms with Crippen LogP contribution in [-0.4, -0.2) is 10.2 Å². The van der Waals surface area contributed by atoms with E-state index in [0.717, 1.165) is 12.8 Å². The predicted octanol–water partition coefficient (Wildman–Crippen LogP) is 3.32. The van der Waals surface area contributed by atoms with Gasteiger partial charge in [-0.1, -0.05) is 13.3 Å². The van der Waals surface area contributed by atoms with E-state index in [4.69, 9.17) is 11.6 Å². The summed E-state index contributed by atoms with van der Waals surface area (Å²) in [5.41, 5.74) is 0.923. The summed E-state index contributed by atoms with van der Waals surface area (Å²) in [6.45, 7) is 2.00. The van der Waals surface area contributed by atoms with Crippen LogP contribution in [0.4, 0.5) is 5.69 Å². The zero-order valence-corrected chi connectivity index (χ0v) is 9.66. The quantitative estimate of drug-likeness (QED) is 0.451. The van der Waals surface area contributed by atoms with Crippen molar-refractivity contribution in [3.8, 4) is 0 Å². The summed E-state index contributed by atoms with van der Waals surface area (Å²) < 4.78 is 0. The number of carbonyl (C=O) groups is 1. The number of nitro benzene ring substituents is 1. The summed E-state index contributed by atoms with van der Waals surface area (Å²) >= 11 is 5.33. The molecule has 0 aliphatic heterocycles. The number of carbonyl (C=O) groups excluding carboxylic acids is 1. The summed E-state index contributed by atoms with van der Waals surface area (Å²) in [6.07, 6.45) is 2.38. The maximum absolute atomic E-state index is 10.9. The molecule has 0 radical (unpaired) electrons. The van der Waals surface area contributed by atoms with Crippen molar-refractivity contribution >= 4 is 22.5 Å². The number of benzene rings is 1. The maximum Gasteiger partial charge on any atom is 0.272 e. The number of halogens is 1. The van der Waals surface area contributed by atoms with Gasteiger partial charge in [-0.25, -0.2) is 0 Å². The van der Waals surface area contributed by atoms with Crippen LogP contribution in [0.2, 0.25) is 0 Å². The molecule has 0 atom stereocenters. The number of aryl methyl sites for hydroxylation is 1. The molecule has 0 spiro atoms. The molecular formula is C11H12ClNO3. The minimum atomic E-state index is -0.590. The number of nitro groups is 1. The molecule has 0 amide bonds. The molecule has 16 heavy (non-hydrogen) atoms. The van der Waals surface area contributed by atoms with Gasteiger partial charge in [-0.2, -0.15) is 0 Å². The molecule has 0 saturated heterocycles. The molecule has 0 N–H and O–H groups in total. The smallest absolute Gasteiger partial charge is 0.272 e. The van der Waals surface area contributed by atoms with Gasteiger partial charge in [0.25, 0.3) is 10.9 Å². The van der Waals surface area contributed by atoms with E-state index < -0.39 is 10.2 Å². The van der Waals surface area contributed by atoms with Gasteiger partial charge in [-0.15, -0.1) is 0 Å². The Hall–Kier alpha value is -1.42. The van der Waals surface area contributed by atoms with Crippen LogP contribution < -0.4 is 0 Å². The Morgan fingerprint density at radius 2 is 2.19 bits per heavy atom. The first-order chi connectivity index (χ1) is 7.56. The molecule has 1 rings (SSSR count). The fourth-order valence-corrected chi connectivity index (χ4v) is 1.57. The number of hydrogen-bond donors (Lipinski definition) is 0. The second-order valence-electron chi connectivity index (χ2n) is 3.48. The zero-order valence-electron chi connectivity index (χ0n) is 8.90. The van der Waals surface area contributed by atoms with Crippen molar-refractivity contribution in [1.29, 1.82) is 0 Å². The first-order valence-corrected chi connectivity index (χ1v) is 5.41. The Kier molecular flexibility index (Phi) is 4.43. The number of nitrogens with zero attached hydrogens (tertiary/aromatic N) is 1. The first-order valence-electron chi connectivity index (χ1n) is 5.03. The lowest BCUT2D eigenvalue weighted by Crippen LogP contribution is -1.99. The van der Waals surface area contributed by atoms with E-state index in [0.29, 0.717) is 17.5 Å². The van der Waals surface area contributed by atoms with Crippen molar-refractivity contribution in [2.24, 2.45) is 0 Å². The molecule has 1 aromatic rings. The van der Waals surface area contributed by atoms with E-state index >= 15 is 0 Å². The van der Waals surface area contributed by atoms with Crippen LogP contribution in [0.25, 0.3) is 0 Å². The minimum Gasteiger partial charge on any atom is -0.276 e. The van der Waals surface area contributed by atoms with Gasteiger partial charge in [-0.3, -0.25) is 14.9 Å². The monoisotopic (exact) mass is 241 g/mol. The van der Waals surface area contributed by atoms with Crippen LogP contribution in [0, 0.1) is 10.1 Å². The summed E-state index contributed by atoms with van der Waals surface area (Å²) in [7, 11) is 0. The van der Waals surface area contributed by atoms with E-state index in [2.05, 4.69) is 0 Å². The normalized spacial score (nSPS) is 10.1. The molecule has 0 heterocycles. The van der Waals surface area contributed by atoms with Crippen molar-refractivity contribution in [3.63, 3.8) is 0 Å². The molecule has 86 valence electrons. The Bertz CT molecular complexity index is 418. The molecule has 0 aliphatic rings. The highest BCUT2D eigenvalue weighted by molar-refractivity contribution is 6.67. The van der Waals surface area contributed by atoms with Crippen molar-refractivity contribution in [3.05, 3.63) is 39.4 Å². The average Bonchev–Trinajstić information content (AvgIpc) is 2.25. The Balaban J connectivity index is 3.10. The largest absolute Gasteiger partial charge is 0.276 e. The molecule has 0 unspecified atom stereocenters. The molecule has 1 aromatic carbocycles. The Morgan fingerprint density at radius 3 is 2.69 bits per heavy atom. The van der Waals surface area contributed by atoms with Crippen molar-refractivity contribution < 1.29 is 9.72 Å². The number of rotatable bonds is 5. The van der Waals surface area contributed by atoms with Gasteiger partial charge < -0.3 is 0 Å². The third-order valence-corrected chi connectivity index (χ3v) is 2.52. The molecule has 0 saturated carbocycles. The Labute approximate surface area is 98.4 Å². The lowest BCUT2D eigenvalue weighted by atomic mass is 10.0. The molecule has 0 aliphatic carbocycles. The fourth-order valence-electron chi connectivity index (χ4n) is 1.45. The molecule has 0 aromatic heterocycles. The topological polar surface area (TPSA) is 60.2 Å². The first kappa shape index (κ1) is 12.6. The van der Waals surface area contributed by atoms with E-state index in [1.54, 1.807) is 0 Å². The molecular weight excluding hydrogens is 230 g/mol. The summed E-state index contributed by atoms with van der Waals surface area (Å²) in [5.74, 6) is 0. The van der Waals surface area contributed by atoms with Gasteiger partial charge in [0.15, 0.2) is 0 Å². The van der Waals surface area contributed by atoms with Crippen molar-refractivity contribution in [1.82, 2.24) is 0 Å². The van der Waals surface area contributed by atoms with Crippen LogP contribution in [-0.2, 0) is 6.42 Å². The van der Waals surface area contributed by atoms with Crippen molar-refractivity contribution in [2.45, 2.75) is 26.2 Å². The zero-order chi connectivity index (χ0) is 12.1. The number of unbranched alkanes of at least 4 members (excludes halogenated alkanes) is 1. The molecule has 4 nitrogen and oxygen atoms in total. The summed E-state index contributed by atoms with van der Waals surface area (Å²) in [5, 5.41) is 10.2. The average molecular weight is 242 g/mol. The highest BCUT2D eigenvalue weighted by Gasteiger charge is 2.15. The second kappa shape index (κ2) is 5.61. The van der Waals surface area contributed by atoms with Crippen LogP contribution in [0.1, 0.15) is 35.7 Å². The highest BCUT2D eigenvalue weighted by Crippen LogP contribution is 2.22.